The van der Waals surface area contributed by atoms with E-state index in [0.717, 1.165) is 11.3 Å². The quantitative estimate of drug-likeness (QED) is 0.899. The summed E-state index contributed by atoms with van der Waals surface area (Å²) in [6.45, 7) is 2.06. The van der Waals surface area contributed by atoms with Crippen LogP contribution in [-0.2, 0) is 0 Å². The first-order valence-corrected chi connectivity index (χ1v) is 6.59. The molecule has 2 aromatic carbocycles. The van der Waals surface area contributed by atoms with Gasteiger partial charge in [0.05, 0.1) is 13.2 Å². The van der Waals surface area contributed by atoms with Crippen molar-refractivity contribution in [2.75, 3.05) is 7.11 Å². The van der Waals surface area contributed by atoms with Gasteiger partial charge in [0.15, 0.2) is 0 Å². The Morgan fingerprint density at radius 3 is 2.20 bits per heavy atom. The zero-order chi connectivity index (χ0) is 14.4. The van der Waals surface area contributed by atoms with E-state index in [9.17, 15) is 5.26 Å². The van der Waals surface area contributed by atoms with Gasteiger partial charge in [0, 0.05) is 6.04 Å². The summed E-state index contributed by atoms with van der Waals surface area (Å²) in [6, 6.07) is 19.8. The Bertz CT molecular complexity index is 572. The molecule has 0 radical (unpaired) electrons. The first-order valence-electron chi connectivity index (χ1n) is 6.59. The Kier molecular flexibility index (Phi) is 4.75. The minimum atomic E-state index is -0.337. The zero-order valence-corrected chi connectivity index (χ0v) is 11.7. The van der Waals surface area contributed by atoms with Gasteiger partial charge in [-0.3, -0.25) is 5.32 Å². The molecule has 0 aliphatic rings. The highest BCUT2D eigenvalue weighted by atomic mass is 16.5. The lowest BCUT2D eigenvalue weighted by Gasteiger charge is -2.19. The van der Waals surface area contributed by atoms with Crippen LogP contribution in [0.4, 0.5) is 0 Å². The molecule has 0 spiro atoms. The van der Waals surface area contributed by atoms with Crippen LogP contribution in [0, 0.1) is 11.3 Å². The first-order chi connectivity index (χ1) is 9.74. The lowest BCUT2D eigenvalue weighted by Crippen LogP contribution is -2.23. The van der Waals surface area contributed by atoms with Gasteiger partial charge < -0.3 is 4.74 Å². The topological polar surface area (TPSA) is 45.0 Å². The van der Waals surface area contributed by atoms with E-state index in [-0.39, 0.29) is 12.1 Å². The molecule has 0 saturated heterocycles. The van der Waals surface area contributed by atoms with Gasteiger partial charge in [0.1, 0.15) is 11.8 Å². The number of hydrogen-bond acceptors (Lipinski definition) is 3. The molecule has 20 heavy (non-hydrogen) atoms. The van der Waals surface area contributed by atoms with E-state index in [1.165, 1.54) is 5.56 Å². The van der Waals surface area contributed by atoms with Crippen LogP contribution in [0.1, 0.15) is 30.1 Å². The molecule has 2 aromatic rings. The van der Waals surface area contributed by atoms with Crippen LogP contribution in [0.3, 0.4) is 0 Å². The van der Waals surface area contributed by atoms with E-state index in [1.807, 2.05) is 42.5 Å². The van der Waals surface area contributed by atoms with Crippen LogP contribution in [0.25, 0.3) is 0 Å². The molecule has 0 aromatic heterocycles. The Hall–Kier alpha value is -2.31. The summed E-state index contributed by atoms with van der Waals surface area (Å²) in [4.78, 5) is 0. The van der Waals surface area contributed by atoms with Gasteiger partial charge in [0.2, 0.25) is 0 Å². The molecule has 0 fully saturated rings. The molecule has 2 atom stereocenters. The Morgan fingerprint density at radius 1 is 1.00 bits per heavy atom. The highest BCUT2D eigenvalue weighted by Gasteiger charge is 2.14. The van der Waals surface area contributed by atoms with Crippen molar-refractivity contribution in [3.8, 4) is 11.8 Å². The molecular formula is C17H18N2O. The minimum Gasteiger partial charge on any atom is -0.497 e. The molecule has 0 saturated carbocycles. The largest absolute Gasteiger partial charge is 0.497 e. The van der Waals surface area contributed by atoms with E-state index in [0.29, 0.717) is 0 Å². The molecule has 0 bridgehead atoms. The number of nitrogens with one attached hydrogen (secondary N) is 1. The second kappa shape index (κ2) is 6.74. The van der Waals surface area contributed by atoms with Crippen LogP contribution < -0.4 is 10.1 Å². The average molecular weight is 266 g/mol. The van der Waals surface area contributed by atoms with E-state index < -0.39 is 0 Å². The summed E-state index contributed by atoms with van der Waals surface area (Å²) in [6.07, 6.45) is 0. The lowest BCUT2D eigenvalue weighted by molar-refractivity contribution is 0.414. The Labute approximate surface area is 119 Å². The average Bonchev–Trinajstić information content (AvgIpc) is 2.53. The molecule has 0 aliphatic carbocycles. The Morgan fingerprint density at radius 2 is 1.65 bits per heavy atom. The van der Waals surface area contributed by atoms with Crippen molar-refractivity contribution >= 4 is 0 Å². The standard InChI is InChI=1S/C17H18N2O/c1-13(14-6-4-3-5-7-14)19-17(12-18)15-8-10-16(20-2)11-9-15/h3-11,13,17,19H,1-2H3/t13-,17?/m0/s1. The molecule has 1 N–H and O–H groups in total. The van der Waals surface area contributed by atoms with Crippen molar-refractivity contribution in [1.82, 2.24) is 5.32 Å². The summed E-state index contributed by atoms with van der Waals surface area (Å²) in [7, 11) is 1.63. The fourth-order valence-electron chi connectivity index (χ4n) is 2.09. The second-order valence-corrected chi connectivity index (χ2v) is 4.63. The molecule has 0 heterocycles. The normalized spacial score (nSPS) is 13.2. The van der Waals surface area contributed by atoms with Gasteiger partial charge in [-0.25, -0.2) is 0 Å². The number of nitriles is 1. The zero-order valence-electron chi connectivity index (χ0n) is 11.7. The number of rotatable bonds is 5. The van der Waals surface area contributed by atoms with Crippen LogP contribution >= 0.6 is 0 Å². The summed E-state index contributed by atoms with van der Waals surface area (Å²) in [5.41, 5.74) is 2.11. The Balaban J connectivity index is 2.11. The monoisotopic (exact) mass is 266 g/mol. The third-order valence-corrected chi connectivity index (χ3v) is 3.29. The maximum atomic E-state index is 9.36. The lowest BCUT2D eigenvalue weighted by atomic mass is 10.0. The third kappa shape index (κ3) is 3.37. The number of benzene rings is 2. The maximum Gasteiger partial charge on any atom is 0.121 e. The van der Waals surface area contributed by atoms with Crippen LogP contribution in [0.15, 0.2) is 54.6 Å². The van der Waals surface area contributed by atoms with Crippen molar-refractivity contribution in [2.24, 2.45) is 0 Å². The third-order valence-electron chi connectivity index (χ3n) is 3.29. The summed E-state index contributed by atoms with van der Waals surface area (Å²) in [5.74, 6) is 0.793. The van der Waals surface area contributed by atoms with Crippen LogP contribution in [0.2, 0.25) is 0 Å². The minimum absolute atomic E-state index is 0.114. The summed E-state index contributed by atoms with van der Waals surface area (Å²) < 4.78 is 5.13. The van der Waals surface area contributed by atoms with Crippen molar-refractivity contribution in [2.45, 2.75) is 19.0 Å². The van der Waals surface area contributed by atoms with Crippen molar-refractivity contribution in [3.05, 3.63) is 65.7 Å². The van der Waals surface area contributed by atoms with E-state index in [1.54, 1.807) is 7.11 Å². The number of nitrogens with zero attached hydrogens (tertiary/aromatic N) is 1. The smallest absolute Gasteiger partial charge is 0.121 e. The number of methoxy groups -OCH3 is 1. The van der Waals surface area contributed by atoms with Gasteiger partial charge in [-0.05, 0) is 30.2 Å². The summed E-state index contributed by atoms with van der Waals surface area (Å²) in [5, 5.41) is 12.7. The number of hydrogen-bond donors (Lipinski definition) is 1. The summed E-state index contributed by atoms with van der Waals surface area (Å²) >= 11 is 0. The molecule has 2 rings (SSSR count). The van der Waals surface area contributed by atoms with Gasteiger partial charge in [-0.15, -0.1) is 0 Å². The van der Waals surface area contributed by atoms with Crippen LogP contribution in [-0.4, -0.2) is 7.11 Å². The number of ether oxygens (including phenoxy) is 1. The highest BCUT2D eigenvalue weighted by Crippen LogP contribution is 2.21. The molecule has 0 aliphatic heterocycles. The van der Waals surface area contributed by atoms with E-state index in [2.05, 4.69) is 30.4 Å². The maximum absolute atomic E-state index is 9.36. The highest BCUT2D eigenvalue weighted by molar-refractivity contribution is 5.32. The van der Waals surface area contributed by atoms with Gasteiger partial charge >= 0.3 is 0 Å². The fraction of sp³-hybridized carbons (Fsp3) is 0.235. The van der Waals surface area contributed by atoms with Gasteiger partial charge in [0.25, 0.3) is 0 Å². The fourth-order valence-corrected chi connectivity index (χ4v) is 2.09. The van der Waals surface area contributed by atoms with Crippen molar-refractivity contribution < 1.29 is 4.74 Å². The van der Waals surface area contributed by atoms with E-state index in [4.69, 9.17) is 4.74 Å². The first kappa shape index (κ1) is 14.1. The molecule has 3 heteroatoms. The van der Waals surface area contributed by atoms with Gasteiger partial charge in [-0.2, -0.15) is 5.26 Å². The molecule has 0 amide bonds. The molecular weight excluding hydrogens is 248 g/mol. The predicted octanol–water partition coefficient (Wildman–Crippen LogP) is 3.61. The van der Waals surface area contributed by atoms with Crippen molar-refractivity contribution in [3.63, 3.8) is 0 Å². The van der Waals surface area contributed by atoms with Gasteiger partial charge in [-0.1, -0.05) is 42.5 Å². The van der Waals surface area contributed by atoms with E-state index >= 15 is 0 Å². The molecule has 1 unspecified atom stereocenters. The van der Waals surface area contributed by atoms with Crippen molar-refractivity contribution in [1.29, 1.82) is 5.26 Å². The predicted molar refractivity (Wildman–Crippen MR) is 79.3 cm³/mol. The van der Waals surface area contributed by atoms with Crippen LogP contribution in [0.5, 0.6) is 5.75 Å². The second-order valence-electron chi connectivity index (χ2n) is 4.63. The SMILES string of the molecule is COc1ccc(C(C#N)N[C@@H](C)c2ccccc2)cc1. The molecule has 102 valence electrons. The molecule has 3 nitrogen and oxygen atoms in total.